The number of rotatable bonds is 4. The van der Waals surface area contributed by atoms with E-state index in [0.29, 0.717) is 11.9 Å². The van der Waals surface area contributed by atoms with E-state index in [0.717, 1.165) is 16.6 Å². The number of nitrogens with zero attached hydrogens (tertiary/aromatic N) is 2. The number of aromatic nitrogens is 3. The average molecular weight is 344 g/mol. The average Bonchev–Trinajstić information content (AvgIpc) is 3.21. The Balaban J connectivity index is 1.58. The van der Waals surface area contributed by atoms with Gasteiger partial charge in [0.25, 0.3) is 11.5 Å². The molecule has 2 aromatic carbocycles. The second-order valence-electron chi connectivity index (χ2n) is 5.86. The van der Waals surface area contributed by atoms with E-state index in [-0.39, 0.29) is 17.2 Å². The summed E-state index contributed by atoms with van der Waals surface area (Å²) in [6, 6.07) is 18.4. The van der Waals surface area contributed by atoms with Gasteiger partial charge >= 0.3 is 0 Å². The topological polar surface area (TPSA) is 79.8 Å². The first-order valence-electron chi connectivity index (χ1n) is 8.20. The maximum Gasteiger partial charge on any atom is 0.268 e. The largest absolute Gasteiger partial charge is 0.347 e. The summed E-state index contributed by atoms with van der Waals surface area (Å²) in [7, 11) is 0. The minimum Gasteiger partial charge on any atom is -0.347 e. The Morgan fingerprint density at radius 3 is 2.73 bits per heavy atom. The van der Waals surface area contributed by atoms with Crippen molar-refractivity contribution in [1.29, 1.82) is 0 Å². The Kier molecular flexibility index (Phi) is 4.07. The number of hydrogen-bond donors (Lipinski definition) is 2. The Labute approximate surface area is 149 Å². The number of pyridine rings is 1. The van der Waals surface area contributed by atoms with Crippen LogP contribution in [0.1, 0.15) is 16.1 Å². The van der Waals surface area contributed by atoms with Crippen molar-refractivity contribution >= 4 is 16.7 Å². The molecular formula is C20H16N4O2. The molecule has 0 saturated carbocycles. The highest BCUT2D eigenvalue weighted by molar-refractivity contribution is 5.96. The highest BCUT2D eigenvalue weighted by atomic mass is 16.2. The van der Waals surface area contributed by atoms with Crippen LogP contribution in [0.25, 0.3) is 16.5 Å². The highest BCUT2D eigenvalue weighted by Gasteiger charge is 2.11. The molecule has 0 radical (unpaired) electrons. The third kappa shape index (κ3) is 3.00. The van der Waals surface area contributed by atoms with Gasteiger partial charge in [-0.25, -0.2) is 4.68 Å². The van der Waals surface area contributed by atoms with Gasteiger partial charge in [-0.05, 0) is 35.2 Å². The maximum absolute atomic E-state index is 12.5. The molecule has 0 bridgehead atoms. The van der Waals surface area contributed by atoms with Crippen molar-refractivity contribution in [1.82, 2.24) is 20.1 Å². The Morgan fingerprint density at radius 2 is 1.88 bits per heavy atom. The van der Waals surface area contributed by atoms with Crippen LogP contribution >= 0.6 is 0 Å². The third-order valence-electron chi connectivity index (χ3n) is 4.18. The van der Waals surface area contributed by atoms with E-state index in [2.05, 4.69) is 15.4 Å². The fraction of sp³-hybridized carbons (Fsp3) is 0.0500. The van der Waals surface area contributed by atoms with E-state index < -0.39 is 0 Å². The molecule has 4 rings (SSSR count). The van der Waals surface area contributed by atoms with Crippen LogP contribution in [0, 0.1) is 0 Å². The number of benzene rings is 2. The van der Waals surface area contributed by atoms with Gasteiger partial charge in [0.05, 0.1) is 5.69 Å². The summed E-state index contributed by atoms with van der Waals surface area (Å²) in [5.41, 5.74) is 1.79. The molecule has 0 aliphatic rings. The minimum absolute atomic E-state index is 0.241. The van der Waals surface area contributed by atoms with Crippen molar-refractivity contribution in [3.63, 3.8) is 0 Å². The zero-order valence-electron chi connectivity index (χ0n) is 13.8. The second-order valence-corrected chi connectivity index (χ2v) is 5.86. The molecule has 6 nitrogen and oxygen atoms in total. The van der Waals surface area contributed by atoms with Crippen molar-refractivity contribution in [3.8, 4) is 5.69 Å². The van der Waals surface area contributed by atoms with Gasteiger partial charge in [0, 0.05) is 24.3 Å². The van der Waals surface area contributed by atoms with Crippen LogP contribution in [-0.2, 0) is 6.54 Å². The molecule has 0 saturated heterocycles. The number of aromatic amines is 1. The normalized spacial score (nSPS) is 10.8. The smallest absolute Gasteiger partial charge is 0.268 e. The number of hydrogen-bond acceptors (Lipinski definition) is 3. The molecule has 1 amide bonds. The lowest BCUT2D eigenvalue weighted by molar-refractivity contribution is 0.0946. The zero-order valence-corrected chi connectivity index (χ0v) is 13.8. The molecule has 2 heterocycles. The van der Waals surface area contributed by atoms with E-state index in [1.807, 2.05) is 48.7 Å². The molecule has 4 aromatic rings. The van der Waals surface area contributed by atoms with Crippen molar-refractivity contribution < 1.29 is 4.79 Å². The first kappa shape index (κ1) is 15.8. The fourth-order valence-electron chi connectivity index (χ4n) is 2.90. The Hall–Kier alpha value is -3.67. The van der Waals surface area contributed by atoms with Crippen molar-refractivity contribution in [2.75, 3.05) is 0 Å². The van der Waals surface area contributed by atoms with Gasteiger partial charge in [0.1, 0.15) is 5.69 Å². The fourth-order valence-corrected chi connectivity index (χ4v) is 2.90. The number of carbonyl (C=O) groups excluding carboxylic acids is 1. The molecule has 0 aliphatic carbocycles. The van der Waals surface area contributed by atoms with Crippen LogP contribution in [0.4, 0.5) is 0 Å². The number of nitrogens with one attached hydrogen (secondary N) is 2. The van der Waals surface area contributed by atoms with Crippen LogP contribution < -0.4 is 10.9 Å². The van der Waals surface area contributed by atoms with Gasteiger partial charge in [-0.2, -0.15) is 5.10 Å². The molecule has 0 atom stereocenters. The second kappa shape index (κ2) is 6.68. The maximum atomic E-state index is 12.5. The van der Waals surface area contributed by atoms with Gasteiger partial charge in [0.15, 0.2) is 0 Å². The quantitative estimate of drug-likeness (QED) is 0.597. The standard InChI is InChI=1S/C20H16N4O2/c25-19-16-8-3-1-6-14(16)12-17(23-19)20(26)21-13-15-7-2-4-9-18(15)24-11-5-10-22-24/h1-12H,13H2,(H,21,26)(H,23,25). The predicted octanol–water partition coefficient (Wildman–Crippen LogP) is 2.64. The summed E-state index contributed by atoms with van der Waals surface area (Å²) in [5.74, 6) is -0.330. The minimum atomic E-state index is -0.330. The molecule has 2 aromatic heterocycles. The lowest BCUT2D eigenvalue weighted by Crippen LogP contribution is -2.26. The van der Waals surface area contributed by atoms with Gasteiger partial charge in [-0.15, -0.1) is 0 Å². The summed E-state index contributed by atoms with van der Waals surface area (Å²) in [5, 5.41) is 8.39. The summed E-state index contributed by atoms with van der Waals surface area (Å²) >= 11 is 0. The SMILES string of the molecule is O=C(NCc1ccccc1-n1cccn1)c1cc2ccccc2c(=O)[nH]1. The number of para-hydroxylation sites is 1. The van der Waals surface area contributed by atoms with E-state index in [4.69, 9.17) is 0 Å². The molecule has 26 heavy (non-hydrogen) atoms. The zero-order chi connectivity index (χ0) is 17.9. The van der Waals surface area contributed by atoms with Crippen LogP contribution in [-0.4, -0.2) is 20.7 Å². The summed E-state index contributed by atoms with van der Waals surface area (Å²) in [6.45, 7) is 0.323. The summed E-state index contributed by atoms with van der Waals surface area (Å²) in [6.07, 6.45) is 3.55. The van der Waals surface area contributed by atoms with Crippen LogP contribution in [0.15, 0.2) is 77.9 Å². The van der Waals surface area contributed by atoms with Gasteiger partial charge in [0.2, 0.25) is 0 Å². The summed E-state index contributed by atoms with van der Waals surface area (Å²) in [4.78, 5) is 27.3. The summed E-state index contributed by atoms with van der Waals surface area (Å²) < 4.78 is 1.75. The van der Waals surface area contributed by atoms with Gasteiger partial charge in [-0.3, -0.25) is 9.59 Å². The van der Waals surface area contributed by atoms with Crippen molar-refractivity contribution in [3.05, 3.63) is 94.7 Å². The molecule has 128 valence electrons. The number of fused-ring (bicyclic) bond motifs is 1. The highest BCUT2D eigenvalue weighted by Crippen LogP contribution is 2.14. The number of carbonyl (C=O) groups is 1. The van der Waals surface area contributed by atoms with E-state index in [1.54, 1.807) is 29.1 Å². The predicted molar refractivity (Wildman–Crippen MR) is 99.3 cm³/mol. The molecule has 0 fully saturated rings. The van der Waals surface area contributed by atoms with Gasteiger partial charge < -0.3 is 10.3 Å². The lowest BCUT2D eigenvalue weighted by atomic mass is 10.1. The Morgan fingerprint density at radius 1 is 1.08 bits per heavy atom. The van der Waals surface area contributed by atoms with E-state index >= 15 is 0 Å². The van der Waals surface area contributed by atoms with Crippen molar-refractivity contribution in [2.45, 2.75) is 6.54 Å². The molecule has 0 spiro atoms. The monoisotopic (exact) mass is 344 g/mol. The van der Waals surface area contributed by atoms with Crippen LogP contribution in [0.5, 0.6) is 0 Å². The molecular weight excluding hydrogens is 328 g/mol. The van der Waals surface area contributed by atoms with Crippen molar-refractivity contribution in [2.24, 2.45) is 0 Å². The Bertz CT molecular complexity index is 1130. The third-order valence-corrected chi connectivity index (χ3v) is 4.18. The van der Waals surface area contributed by atoms with E-state index in [9.17, 15) is 9.59 Å². The molecule has 0 aliphatic heterocycles. The molecule has 2 N–H and O–H groups in total. The van der Waals surface area contributed by atoms with Crippen LogP contribution in [0.3, 0.4) is 0 Å². The molecule has 6 heteroatoms. The first-order valence-corrected chi connectivity index (χ1v) is 8.20. The number of H-pyrrole nitrogens is 1. The lowest BCUT2D eigenvalue weighted by Gasteiger charge is -2.11. The van der Waals surface area contributed by atoms with Gasteiger partial charge in [-0.1, -0.05) is 36.4 Å². The molecule has 0 unspecified atom stereocenters. The van der Waals surface area contributed by atoms with E-state index in [1.165, 1.54) is 0 Å². The first-order chi connectivity index (χ1) is 12.7. The van der Waals surface area contributed by atoms with Crippen LogP contribution in [0.2, 0.25) is 0 Å². The number of amides is 1.